The van der Waals surface area contributed by atoms with E-state index in [0.717, 1.165) is 25.4 Å². The van der Waals surface area contributed by atoms with Crippen molar-refractivity contribution in [2.24, 2.45) is 11.3 Å². The zero-order valence-electron chi connectivity index (χ0n) is 12.6. The molecule has 1 saturated heterocycles. The number of nitrogens with zero attached hydrogens (tertiary/aromatic N) is 1. The van der Waals surface area contributed by atoms with E-state index in [9.17, 15) is 4.79 Å². The highest BCUT2D eigenvalue weighted by molar-refractivity contribution is 5.75. The van der Waals surface area contributed by atoms with Crippen molar-refractivity contribution in [1.82, 2.24) is 10.2 Å². The number of nitrogens with one attached hydrogen (secondary N) is 1. The van der Waals surface area contributed by atoms with Gasteiger partial charge in [-0.2, -0.15) is 0 Å². The Balaban J connectivity index is 2.23. The maximum Gasteiger partial charge on any atom is 0.129 e. The zero-order chi connectivity index (χ0) is 13.6. The van der Waals surface area contributed by atoms with Gasteiger partial charge in [-0.15, -0.1) is 0 Å². The van der Waals surface area contributed by atoms with Gasteiger partial charge in [0, 0.05) is 19.5 Å². The van der Waals surface area contributed by atoms with Crippen LogP contribution in [0, 0.1) is 11.3 Å². The van der Waals surface area contributed by atoms with Crippen LogP contribution in [0.15, 0.2) is 0 Å². The second kappa shape index (κ2) is 7.25. The molecule has 0 aliphatic carbocycles. The molecular weight excluding hydrogens is 224 g/mol. The number of Topliss-reactive ketones (excluding diaryl/α,β-unsaturated/α-hetero) is 1. The fourth-order valence-electron chi connectivity index (χ4n) is 2.82. The minimum absolute atomic E-state index is 0.296. The first kappa shape index (κ1) is 15.6. The lowest BCUT2D eigenvalue weighted by molar-refractivity contribution is -0.117. The van der Waals surface area contributed by atoms with Crippen molar-refractivity contribution >= 4 is 5.78 Å². The van der Waals surface area contributed by atoms with Gasteiger partial charge in [0.25, 0.3) is 0 Å². The van der Waals surface area contributed by atoms with Crippen molar-refractivity contribution in [2.75, 3.05) is 33.2 Å². The highest BCUT2D eigenvalue weighted by atomic mass is 16.1. The molecule has 0 aromatic heterocycles. The Morgan fingerprint density at radius 2 is 2.17 bits per heavy atom. The van der Waals surface area contributed by atoms with Crippen LogP contribution in [-0.4, -0.2) is 43.9 Å². The maximum atomic E-state index is 10.9. The van der Waals surface area contributed by atoms with E-state index < -0.39 is 0 Å². The Morgan fingerprint density at radius 3 is 2.78 bits per heavy atom. The molecule has 1 fully saturated rings. The molecule has 1 rings (SSSR count). The normalized spacial score (nSPS) is 22.1. The summed E-state index contributed by atoms with van der Waals surface area (Å²) in [4.78, 5) is 13.3. The summed E-state index contributed by atoms with van der Waals surface area (Å²) in [6, 6.07) is 0. The lowest BCUT2D eigenvalue weighted by Crippen LogP contribution is -2.44. The van der Waals surface area contributed by atoms with Gasteiger partial charge in [0.05, 0.1) is 0 Å². The first-order chi connectivity index (χ1) is 8.42. The molecule has 0 radical (unpaired) electrons. The molecule has 3 nitrogen and oxygen atoms in total. The first-order valence-corrected chi connectivity index (χ1v) is 7.30. The Labute approximate surface area is 112 Å². The second-order valence-corrected chi connectivity index (χ2v) is 6.57. The van der Waals surface area contributed by atoms with Crippen LogP contribution in [0.4, 0.5) is 0 Å². The number of rotatable bonds is 7. The summed E-state index contributed by atoms with van der Waals surface area (Å²) < 4.78 is 0. The topological polar surface area (TPSA) is 32.3 Å². The predicted octanol–water partition coefficient (Wildman–Crippen LogP) is 2.31. The summed E-state index contributed by atoms with van der Waals surface area (Å²) in [5.41, 5.74) is 0.352. The molecule has 1 aliphatic rings. The summed E-state index contributed by atoms with van der Waals surface area (Å²) in [5, 5.41) is 3.52. The molecule has 1 unspecified atom stereocenters. The largest absolute Gasteiger partial charge is 0.316 e. The van der Waals surface area contributed by atoms with Crippen molar-refractivity contribution < 1.29 is 4.79 Å². The molecule has 1 heterocycles. The number of carbonyl (C=O) groups excluding carboxylic acids is 1. The van der Waals surface area contributed by atoms with Crippen LogP contribution >= 0.6 is 0 Å². The van der Waals surface area contributed by atoms with Gasteiger partial charge in [0.2, 0.25) is 0 Å². The monoisotopic (exact) mass is 254 g/mol. The molecule has 0 aromatic carbocycles. The van der Waals surface area contributed by atoms with Gasteiger partial charge in [-0.05, 0) is 57.7 Å². The highest BCUT2D eigenvalue weighted by Crippen LogP contribution is 2.32. The quantitative estimate of drug-likeness (QED) is 0.708. The Bertz CT molecular complexity index is 263. The van der Waals surface area contributed by atoms with E-state index in [4.69, 9.17) is 0 Å². The van der Waals surface area contributed by atoms with Crippen LogP contribution in [0.2, 0.25) is 0 Å². The van der Waals surface area contributed by atoms with Crippen LogP contribution in [0.1, 0.15) is 46.5 Å². The fourth-order valence-corrected chi connectivity index (χ4v) is 2.82. The van der Waals surface area contributed by atoms with E-state index in [1.54, 1.807) is 6.92 Å². The van der Waals surface area contributed by atoms with Crippen LogP contribution in [0.5, 0.6) is 0 Å². The SMILES string of the molecule is CC(=O)CCCNCC(C)(C)C1CCCN(C)C1. The second-order valence-electron chi connectivity index (χ2n) is 6.57. The van der Waals surface area contributed by atoms with E-state index in [1.165, 1.54) is 25.9 Å². The Morgan fingerprint density at radius 1 is 1.44 bits per heavy atom. The van der Waals surface area contributed by atoms with Crippen LogP contribution in [0.25, 0.3) is 0 Å². The number of carbonyl (C=O) groups is 1. The van der Waals surface area contributed by atoms with Gasteiger partial charge in [-0.25, -0.2) is 0 Å². The van der Waals surface area contributed by atoms with Gasteiger partial charge in [0.1, 0.15) is 5.78 Å². The predicted molar refractivity (Wildman–Crippen MR) is 76.8 cm³/mol. The lowest BCUT2D eigenvalue weighted by Gasteiger charge is -2.40. The zero-order valence-corrected chi connectivity index (χ0v) is 12.6. The van der Waals surface area contributed by atoms with Gasteiger partial charge < -0.3 is 15.0 Å². The van der Waals surface area contributed by atoms with Gasteiger partial charge >= 0.3 is 0 Å². The van der Waals surface area contributed by atoms with Crippen LogP contribution < -0.4 is 5.32 Å². The summed E-state index contributed by atoms with van der Waals surface area (Å²) in [5.74, 6) is 1.08. The molecule has 3 heteroatoms. The number of likely N-dealkylation sites (tertiary alicyclic amines) is 1. The molecule has 1 aliphatic heterocycles. The molecule has 0 aromatic rings. The Kier molecular flexibility index (Phi) is 6.30. The van der Waals surface area contributed by atoms with E-state index in [-0.39, 0.29) is 0 Å². The minimum atomic E-state index is 0.296. The fraction of sp³-hybridized carbons (Fsp3) is 0.933. The Hall–Kier alpha value is -0.410. The van der Waals surface area contributed by atoms with Crippen molar-refractivity contribution in [3.63, 3.8) is 0 Å². The van der Waals surface area contributed by atoms with E-state index >= 15 is 0 Å². The molecule has 1 N–H and O–H groups in total. The standard InChI is InChI=1S/C15H30N2O/c1-13(18)7-5-9-16-12-15(2,3)14-8-6-10-17(4)11-14/h14,16H,5-12H2,1-4H3. The number of hydrogen-bond acceptors (Lipinski definition) is 3. The van der Waals surface area contributed by atoms with Crippen molar-refractivity contribution in [3.05, 3.63) is 0 Å². The van der Waals surface area contributed by atoms with Crippen molar-refractivity contribution in [1.29, 1.82) is 0 Å². The van der Waals surface area contributed by atoms with E-state index in [1.807, 2.05) is 0 Å². The number of hydrogen-bond donors (Lipinski definition) is 1. The molecule has 1 atom stereocenters. The third-order valence-corrected chi connectivity index (χ3v) is 4.19. The first-order valence-electron chi connectivity index (χ1n) is 7.30. The molecule has 0 spiro atoms. The van der Waals surface area contributed by atoms with Gasteiger partial charge in [-0.1, -0.05) is 13.8 Å². The average Bonchev–Trinajstić information content (AvgIpc) is 2.28. The van der Waals surface area contributed by atoms with E-state index in [2.05, 4.69) is 31.1 Å². The highest BCUT2D eigenvalue weighted by Gasteiger charge is 2.31. The molecular formula is C15H30N2O. The van der Waals surface area contributed by atoms with Gasteiger partial charge in [0.15, 0.2) is 0 Å². The number of ketones is 1. The molecule has 0 amide bonds. The average molecular weight is 254 g/mol. The summed E-state index contributed by atoms with van der Waals surface area (Å²) in [6.45, 7) is 10.9. The molecule has 0 saturated carbocycles. The summed E-state index contributed by atoms with van der Waals surface area (Å²) in [6.07, 6.45) is 4.36. The summed E-state index contributed by atoms with van der Waals surface area (Å²) >= 11 is 0. The smallest absolute Gasteiger partial charge is 0.129 e. The maximum absolute atomic E-state index is 10.9. The summed E-state index contributed by atoms with van der Waals surface area (Å²) in [7, 11) is 2.22. The molecule has 0 bridgehead atoms. The van der Waals surface area contributed by atoms with E-state index in [0.29, 0.717) is 17.6 Å². The minimum Gasteiger partial charge on any atom is -0.316 e. The van der Waals surface area contributed by atoms with Crippen molar-refractivity contribution in [3.8, 4) is 0 Å². The molecule has 106 valence electrons. The lowest BCUT2D eigenvalue weighted by atomic mass is 9.74. The van der Waals surface area contributed by atoms with Crippen LogP contribution in [-0.2, 0) is 4.79 Å². The van der Waals surface area contributed by atoms with Crippen molar-refractivity contribution in [2.45, 2.75) is 46.5 Å². The molecule has 18 heavy (non-hydrogen) atoms. The van der Waals surface area contributed by atoms with Gasteiger partial charge in [-0.3, -0.25) is 0 Å². The third-order valence-electron chi connectivity index (χ3n) is 4.19. The number of piperidine rings is 1. The van der Waals surface area contributed by atoms with Crippen LogP contribution in [0.3, 0.4) is 0 Å². The third kappa shape index (κ3) is 5.49.